The van der Waals surface area contributed by atoms with E-state index in [4.69, 9.17) is 10.5 Å². The Hall–Kier alpha value is -1.39. The fourth-order valence-corrected chi connectivity index (χ4v) is 2.97. The van der Waals surface area contributed by atoms with Gasteiger partial charge < -0.3 is 15.4 Å². The van der Waals surface area contributed by atoms with E-state index in [0.717, 1.165) is 43.5 Å². The maximum absolute atomic E-state index is 12.6. The molecule has 0 aliphatic carbocycles. The largest absolute Gasteiger partial charge is 0.368 e. The van der Waals surface area contributed by atoms with Gasteiger partial charge in [-0.2, -0.15) is 0 Å². The SMILES string of the molecule is NC1CCCN(C(=O)C2CCCO2)c2ccccc21. The molecule has 19 heavy (non-hydrogen) atoms. The molecule has 2 aliphatic rings. The third kappa shape index (κ3) is 2.38. The topological polar surface area (TPSA) is 55.6 Å². The molecular weight excluding hydrogens is 240 g/mol. The summed E-state index contributed by atoms with van der Waals surface area (Å²) in [4.78, 5) is 14.5. The van der Waals surface area contributed by atoms with Crippen molar-refractivity contribution >= 4 is 11.6 Å². The Morgan fingerprint density at radius 2 is 2.11 bits per heavy atom. The number of carbonyl (C=O) groups is 1. The van der Waals surface area contributed by atoms with Gasteiger partial charge in [-0.25, -0.2) is 0 Å². The molecule has 1 aromatic carbocycles. The van der Waals surface area contributed by atoms with Crippen LogP contribution in [0, 0.1) is 0 Å². The molecule has 0 radical (unpaired) electrons. The molecule has 0 aromatic heterocycles. The van der Waals surface area contributed by atoms with Crippen LogP contribution in [0.2, 0.25) is 0 Å². The lowest BCUT2D eigenvalue weighted by Gasteiger charge is -2.25. The number of benzene rings is 1. The van der Waals surface area contributed by atoms with Crippen LogP contribution >= 0.6 is 0 Å². The lowest BCUT2D eigenvalue weighted by Crippen LogP contribution is -2.39. The molecule has 4 heteroatoms. The zero-order valence-corrected chi connectivity index (χ0v) is 11.0. The zero-order chi connectivity index (χ0) is 13.2. The van der Waals surface area contributed by atoms with E-state index in [9.17, 15) is 4.79 Å². The van der Waals surface area contributed by atoms with Crippen LogP contribution < -0.4 is 10.6 Å². The van der Waals surface area contributed by atoms with Crippen molar-refractivity contribution in [3.05, 3.63) is 29.8 Å². The summed E-state index contributed by atoms with van der Waals surface area (Å²) >= 11 is 0. The summed E-state index contributed by atoms with van der Waals surface area (Å²) in [6.45, 7) is 1.44. The van der Waals surface area contributed by atoms with Crippen LogP contribution in [0.15, 0.2) is 24.3 Å². The molecule has 1 amide bonds. The average molecular weight is 260 g/mol. The third-order valence-corrected chi connectivity index (χ3v) is 4.00. The summed E-state index contributed by atoms with van der Waals surface area (Å²) in [7, 11) is 0. The predicted octanol–water partition coefficient (Wildman–Crippen LogP) is 1.99. The molecule has 102 valence electrons. The maximum Gasteiger partial charge on any atom is 0.256 e. The molecule has 1 aromatic rings. The summed E-state index contributed by atoms with van der Waals surface area (Å²) in [5, 5.41) is 0. The quantitative estimate of drug-likeness (QED) is 0.840. The van der Waals surface area contributed by atoms with Crippen molar-refractivity contribution in [2.75, 3.05) is 18.1 Å². The molecule has 1 fully saturated rings. The van der Waals surface area contributed by atoms with Gasteiger partial charge in [0.2, 0.25) is 0 Å². The van der Waals surface area contributed by atoms with Crippen LogP contribution in [0.25, 0.3) is 0 Å². The van der Waals surface area contributed by atoms with E-state index < -0.39 is 0 Å². The number of hydrogen-bond donors (Lipinski definition) is 1. The lowest BCUT2D eigenvalue weighted by molar-refractivity contribution is -0.127. The van der Waals surface area contributed by atoms with Gasteiger partial charge in [-0.3, -0.25) is 4.79 Å². The molecule has 2 N–H and O–H groups in total. The van der Waals surface area contributed by atoms with Gasteiger partial charge in [0.05, 0.1) is 0 Å². The third-order valence-electron chi connectivity index (χ3n) is 4.00. The number of ether oxygens (including phenoxy) is 1. The number of anilines is 1. The Morgan fingerprint density at radius 3 is 2.89 bits per heavy atom. The van der Waals surface area contributed by atoms with E-state index in [0.29, 0.717) is 6.61 Å². The van der Waals surface area contributed by atoms with E-state index in [1.807, 2.05) is 29.2 Å². The number of amides is 1. The Bertz CT molecular complexity index is 469. The first-order valence-corrected chi connectivity index (χ1v) is 7.05. The zero-order valence-electron chi connectivity index (χ0n) is 11.0. The van der Waals surface area contributed by atoms with Crippen LogP contribution in [0.4, 0.5) is 5.69 Å². The fraction of sp³-hybridized carbons (Fsp3) is 0.533. The molecular formula is C15H20N2O2. The van der Waals surface area contributed by atoms with E-state index >= 15 is 0 Å². The highest BCUT2D eigenvalue weighted by molar-refractivity contribution is 5.97. The van der Waals surface area contributed by atoms with Crippen LogP contribution in [0.1, 0.15) is 37.3 Å². The molecule has 0 bridgehead atoms. The van der Waals surface area contributed by atoms with Gasteiger partial charge in [0.25, 0.3) is 5.91 Å². The van der Waals surface area contributed by atoms with E-state index in [-0.39, 0.29) is 18.1 Å². The second kappa shape index (κ2) is 5.31. The first-order chi connectivity index (χ1) is 9.27. The summed E-state index contributed by atoms with van der Waals surface area (Å²) in [5.41, 5.74) is 8.23. The van der Waals surface area contributed by atoms with Crippen molar-refractivity contribution in [2.24, 2.45) is 5.73 Å². The van der Waals surface area contributed by atoms with Crippen LogP contribution in [0.5, 0.6) is 0 Å². The van der Waals surface area contributed by atoms with E-state index in [1.165, 1.54) is 0 Å². The summed E-state index contributed by atoms with van der Waals surface area (Å²) in [5.74, 6) is 0.0963. The van der Waals surface area contributed by atoms with Gasteiger partial charge in [0, 0.05) is 24.9 Å². The van der Waals surface area contributed by atoms with Crippen molar-refractivity contribution in [1.82, 2.24) is 0 Å². The number of carbonyl (C=O) groups excluding carboxylic acids is 1. The Kier molecular flexibility index (Phi) is 3.53. The molecule has 2 unspecified atom stereocenters. The maximum atomic E-state index is 12.6. The minimum atomic E-state index is -0.262. The molecule has 1 saturated heterocycles. The van der Waals surface area contributed by atoms with E-state index in [1.54, 1.807) is 0 Å². The smallest absolute Gasteiger partial charge is 0.256 e. The highest BCUT2D eigenvalue weighted by Crippen LogP contribution is 2.32. The molecule has 0 saturated carbocycles. The van der Waals surface area contributed by atoms with Gasteiger partial charge in [0.15, 0.2) is 0 Å². The Labute approximate surface area is 113 Å². The fourth-order valence-electron chi connectivity index (χ4n) is 2.97. The minimum Gasteiger partial charge on any atom is -0.368 e. The summed E-state index contributed by atoms with van der Waals surface area (Å²) in [6.07, 6.45) is 3.41. The van der Waals surface area contributed by atoms with Crippen LogP contribution in [-0.2, 0) is 9.53 Å². The molecule has 4 nitrogen and oxygen atoms in total. The number of rotatable bonds is 1. The lowest BCUT2D eigenvalue weighted by atomic mass is 10.0. The average Bonchev–Trinajstić information content (AvgIpc) is 2.91. The van der Waals surface area contributed by atoms with Crippen molar-refractivity contribution in [2.45, 2.75) is 37.8 Å². The minimum absolute atomic E-state index is 0.0264. The second-order valence-electron chi connectivity index (χ2n) is 5.30. The second-order valence-corrected chi connectivity index (χ2v) is 5.30. The molecule has 2 heterocycles. The van der Waals surface area contributed by atoms with Gasteiger partial charge >= 0.3 is 0 Å². The number of nitrogens with two attached hydrogens (primary N) is 1. The van der Waals surface area contributed by atoms with Gasteiger partial charge in [-0.05, 0) is 37.3 Å². The number of hydrogen-bond acceptors (Lipinski definition) is 3. The molecule has 0 spiro atoms. The Balaban J connectivity index is 1.92. The number of para-hydroxylation sites is 1. The highest BCUT2D eigenvalue weighted by atomic mass is 16.5. The van der Waals surface area contributed by atoms with Crippen LogP contribution in [0.3, 0.4) is 0 Å². The first-order valence-electron chi connectivity index (χ1n) is 7.05. The van der Waals surface area contributed by atoms with Crippen molar-refractivity contribution < 1.29 is 9.53 Å². The molecule has 2 atom stereocenters. The van der Waals surface area contributed by atoms with Crippen LogP contribution in [-0.4, -0.2) is 25.2 Å². The number of nitrogens with zero attached hydrogens (tertiary/aromatic N) is 1. The summed E-state index contributed by atoms with van der Waals surface area (Å²) < 4.78 is 5.53. The standard InChI is InChI=1S/C15H20N2O2/c16-12-6-3-9-17(13-7-2-1-5-11(12)13)15(18)14-8-4-10-19-14/h1-2,5,7,12,14H,3-4,6,8-10,16H2. The van der Waals surface area contributed by atoms with Crippen molar-refractivity contribution in [1.29, 1.82) is 0 Å². The predicted molar refractivity (Wildman–Crippen MR) is 73.9 cm³/mol. The number of fused-ring (bicyclic) bond motifs is 1. The van der Waals surface area contributed by atoms with Gasteiger partial charge in [-0.1, -0.05) is 18.2 Å². The van der Waals surface area contributed by atoms with Gasteiger partial charge in [0.1, 0.15) is 6.10 Å². The summed E-state index contributed by atoms with van der Waals surface area (Å²) in [6, 6.07) is 8.00. The highest BCUT2D eigenvalue weighted by Gasteiger charge is 2.31. The molecule has 2 aliphatic heterocycles. The normalized spacial score (nSPS) is 26.9. The Morgan fingerprint density at radius 1 is 1.26 bits per heavy atom. The molecule has 3 rings (SSSR count). The first kappa shape index (κ1) is 12.6. The van der Waals surface area contributed by atoms with E-state index in [2.05, 4.69) is 0 Å². The van der Waals surface area contributed by atoms with Crippen molar-refractivity contribution in [3.63, 3.8) is 0 Å². The van der Waals surface area contributed by atoms with Crippen molar-refractivity contribution in [3.8, 4) is 0 Å². The monoisotopic (exact) mass is 260 g/mol. The van der Waals surface area contributed by atoms with Gasteiger partial charge in [-0.15, -0.1) is 0 Å².